The topological polar surface area (TPSA) is 39.4 Å². The maximum atomic E-state index is 8.54. The molecule has 1 atom stereocenters. The van der Waals surface area contributed by atoms with Crippen molar-refractivity contribution in [3.05, 3.63) is 0 Å². The fraction of sp³-hybridized carbons (Fsp3) is 0.800. The van der Waals surface area contributed by atoms with Crippen molar-refractivity contribution >= 4 is 16.9 Å². The third-order valence-corrected chi connectivity index (χ3v) is 3.33. The summed E-state index contributed by atoms with van der Waals surface area (Å²) in [5.74, 6) is 0.810. The predicted octanol–water partition coefficient (Wildman–Crippen LogP) is 2.31. The first-order valence-corrected chi connectivity index (χ1v) is 6.26. The summed E-state index contributed by atoms with van der Waals surface area (Å²) in [5.41, 5.74) is 0. The Bertz CT molecular complexity index is 244. The summed E-state index contributed by atoms with van der Waals surface area (Å²) in [6.07, 6.45) is 7.57. The first kappa shape index (κ1) is 11.4. The van der Waals surface area contributed by atoms with Gasteiger partial charge in [0.25, 0.3) is 0 Å². The molecule has 1 aliphatic rings. The Kier molecular flexibility index (Phi) is 4.81. The quantitative estimate of drug-likeness (QED) is 0.351. The zero-order chi connectivity index (χ0) is 10.4. The number of nitriles is 1. The monoisotopic (exact) mass is 211 g/mol. The van der Waals surface area contributed by atoms with E-state index in [-0.39, 0.29) is 0 Å². The van der Waals surface area contributed by atoms with Gasteiger partial charge in [-0.3, -0.25) is 0 Å². The van der Waals surface area contributed by atoms with Crippen LogP contribution in [0.5, 0.6) is 0 Å². The molecule has 3 nitrogen and oxygen atoms in total. The molecule has 0 aliphatic carbocycles. The molecular weight excluding hydrogens is 194 g/mol. The fourth-order valence-corrected chi connectivity index (χ4v) is 2.32. The molecule has 1 saturated heterocycles. The van der Waals surface area contributed by atoms with E-state index >= 15 is 0 Å². The summed E-state index contributed by atoms with van der Waals surface area (Å²) in [7, 11) is 0. The van der Waals surface area contributed by atoms with Crippen LogP contribution in [0, 0.1) is 17.4 Å². The van der Waals surface area contributed by atoms with Gasteiger partial charge in [-0.05, 0) is 31.4 Å². The molecule has 1 unspecified atom stereocenters. The van der Waals surface area contributed by atoms with Crippen molar-refractivity contribution in [2.45, 2.75) is 26.2 Å². The number of aliphatic imine (C=N–C) groups is 1. The first-order chi connectivity index (χ1) is 6.77. The molecule has 0 saturated carbocycles. The van der Waals surface area contributed by atoms with Gasteiger partial charge in [0.2, 0.25) is 6.19 Å². The molecule has 0 spiro atoms. The molecule has 0 amide bonds. The van der Waals surface area contributed by atoms with Gasteiger partial charge in [-0.1, -0.05) is 18.7 Å². The van der Waals surface area contributed by atoms with Gasteiger partial charge >= 0.3 is 0 Å². The Morgan fingerprint density at radius 1 is 1.50 bits per heavy atom. The summed E-state index contributed by atoms with van der Waals surface area (Å²) >= 11 is 1.56. The van der Waals surface area contributed by atoms with E-state index < -0.39 is 0 Å². The highest BCUT2D eigenvalue weighted by atomic mass is 32.2. The lowest BCUT2D eigenvalue weighted by Gasteiger charge is -2.21. The summed E-state index contributed by atoms with van der Waals surface area (Å²) in [4.78, 5) is 6.08. The number of thioether (sulfide) groups is 1. The van der Waals surface area contributed by atoms with Gasteiger partial charge in [-0.2, -0.15) is 5.26 Å². The van der Waals surface area contributed by atoms with Crippen LogP contribution in [0.15, 0.2) is 4.99 Å². The second-order valence-electron chi connectivity index (χ2n) is 3.72. The van der Waals surface area contributed by atoms with E-state index in [4.69, 9.17) is 5.26 Å². The van der Waals surface area contributed by atoms with Crippen molar-refractivity contribution in [1.29, 1.82) is 5.26 Å². The lowest BCUT2D eigenvalue weighted by Crippen LogP contribution is -2.29. The van der Waals surface area contributed by atoms with Crippen molar-refractivity contribution in [1.82, 2.24) is 4.90 Å². The SMILES string of the molecule is CSC(=NC#N)N1CCCC(C)CC1. The first-order valence-electron chi connectivity index (χ1n) is 5.03. The van der Waals surface area contributed by atoms with Crippen LogP contribution in [0.1, 0.15) is 26.2 Å². The Morgan fingerprint density at radius 3 is 2.93 bits per heavy atom. The number of hydrogen-bond donors (Lipinski definition) is 0. The lowest BCUT2D eigenvalue weighted by molar-refractivity contribution is 0.432. The van der Waals surface area contributed by atoms with Gasteiger partial charge in [-0.15, -0.1) is 4.99 Å². The Morgan fingerprint density at radius 2 is 2.29 bits per heavy atom. The average Bonchev–Trinajstić information content (AvgIpc) is 2.40. The maximum absolute atomic E-state index is 8.54. The highest BCUT2D eigenvalue weighted by Crippen LogP contribution is 2.18. The number of rotatable bonds is 0. The van der Waals surface area contributed by atoms with Crippen LogP contribution in [-0.2, 0) is 0 Å². The molecule has 0 radical (unpaired) electrons. The van der Waals surface area contributed by atoms with E-state index in [1.165, 1.54) is 19.3 Å². The average molecular weight is 211 g/mol. The minimum absolute atomic E-state index is 0.810. The standard InChI is InChI=1S/C10H17N3S/c1-9-4-3-6-13(7-5-9)10(14-2)12-8-11/h9H,3-7H2,1-2H3. The normalized spacial score (nSPS) is 24.2. The van der Waals surface area contributed by atoms with Crippen LogP contribution >= 0.6 is 11.8 Å². The predicted molar refractivity (Wildman–Crippen MR) is 61.2 cm³/mol. The molecule has 14 heavy (non-hydrogen) atoms. The van der Waals surface area contributed by atoms with E-state index in [1.807, 2.05) is 12.4 Å². The molecule has 0 aromatic heterocycles. The van der Waals surface area contributed by atoms with E-state index in [0.717, 1.165) is 24.2 Å². The number of hydrogen-bond acceptors (Lipinski definition) is 3. The Hall–Kier alpha value is -0.690. The van der Waals surface area contributed by atoms with Gasteiger partial charge in [0, 0.05) is 13.1 Å². The van der Waals surface area contributed by atoms with Crippen molar-refractivity contribution < 1.29 is 0 Å². The van der Waals surface area contributed by atoms with Crippen LogP contribution in [0.3, 0.4) is 0 Å². The van der Waals surface area contributed by atoms with Crippen LogP contribution in [0.2, 0.25) is 0 Å². The van der Waals surface area contributed by atoms with Crippen LogP contribution in [0.4, 0.5) is 0 Å². The molecular formula is C10H17N3S. The second kappa shape index (κ2) is 5.92. The van der Waals surface area contributed by atoms with Gasteiger partial charge in [0.1, 0.15) is 0 Å². The Labute approximate surface area is 90.2 Å². The van der Waals surface area contributed by atoms with Gasteiger partial charge in [0.05, 0.1) is 0 Å². The number of nitrogens with zero attached hydrogens (tertiary/aromatic N) is 3. The summed E-state index contributed by atoms with van der Waals surface area (Å²) < 4.78 is 0. The molecule has 78 valence electrons. The van der Waals surface area contributed by atoms with Crippen LogP contribution in [0.25, 0.3) is 0 Å². The molecule has 0 aromatic rings. The largest absolute Gasteiger partial charge is 0.351 e. The summed E-state index contributed by atoms with van der Waals surface area (Å²) in [6, 6.07) is 0. The van der Waals surface area contributed by atoms with Gasteiger partial charge in [0.15, 0.2) is 5.17 Å². The van der Waals surface area contributed by atoms with E-state index in [0.29, 0.717) is 0 Å². The van der Waals surface area contributed by atoms with Gasteiger partial charge in [-0.25, -0.2) is 0 Å². The maximum Gasteiger partial charge on any atom is 0.208 e. The van der Waals surface area contributed by atoms with Crippen molar-refractivity contribution in [2.75, 3.05) is 19.3 Å². The zero-order valence-electron chi connectivity index (χ0n) is 8.86. The third kappa shape index (κ3) is 3.22. The number of amidine groups is 1. The molecule has 1 heterocycles. The Balaban J connectivity index is 2.58. The van der Waals surface area contributed by atoms with Crippen molar-refractivity contribution in [3.63, 3.8) is 0 Å². The lowest BCUT2D eigenvalue weighted by atomic mass is 10.0. The van der Waals surface area contributed by atoms with Gasteiger partial charge < -0.3 is 4.90 Å². The highest BCUT2D eigenvalue weighted by molar-refractivity contribution is 8.13. The fourth-order valence-electron chi connectivity index (χ4n) is 1.74. The molecule has 1 rings (SSSR count). The molecule has 0 aromatic carbocycles. The van der Waals surface area contributed by atoms with Crippen LogP contribution in [-0.4, -0.2) is 29.4 Å². The van der Waals surface area contributed by atoms with E-state index in [2.05, 4.69) is 16.8 Å². The second-order valence-corrected chi connectivity index (χ2v) is 4.50. The molecule has 0 bridgehead atoms. The zero-order valence-corrected chi connectivity index (χ0v) is 9.68. The highest BCUT2D eigenvalue weighted by Gasteiger charge is 2.16. The van der Waals surface area contributed by atoms with E-state index in [1.54, 1.807) is 11.8 Å². The summed E-state index contributed by atoms with van der Waals surface area (Å²) in [6.45, 7) is 4.39. The summed E-state index contributed by atoms with van der Waals surface area (Å²) in [5, 5.41) is 9.42. The van der Waals surface area contributed by atoms with Crippen molar-refractivity contribution in [3.8, 4) is 6.19 Å². The molecule has 1 fully saturated rings. The minimum Gasteiger partial charge on any atom is -0.351 e. The molecule has 1 aliphatic heterocycles. The number of likely N-dealkylation sites (tertiary alicyclic amines) is 1. The third-order valence-electron chi connectivity index (χ3n) is 2.62. The van der Waals surface area contributed by atoms with Crippen molar-refractivity contribution in [2.24, 2.45) is 10.9 Å². The smallest absolute Gasteiger partial charge is 0.208 e. The van der Waals surface area contributed by atoms with Crippen LogP contribution < -0.4 is 0 Å². The minimum atomic E-state index is 0.810. The van der Waals surface area contributed by atoms with E-state index in [9.17, 15) is 0 Å². The molecule has 4 heteroatoms. The molecule has 0 N–H and O–H groups in total.